The minimum Gasteiger partial charge on any atom is -0.458 e. The van der Waals surface area contributed by atoms with Gasteiger partial charge in [-0.1, -0.05) is 27.7 Å². The van der Waals surface area contributed by atoms with E-state index in [-0.39, 0.29) is 30.8 Å². The summed E-state index contributed by atoms with van der Waals surface area (Å²) in [5, 5.41) is 11.4. The van der Waals surface area contributed by atoms with Gasteiger partial charge in [-0.3, -0.25) is 19.4 Å². The van der Waals surface area contributed by atoms with Gasteiger partial charge in [0.25, 0.3) is 0 Å². The maximum atomic E-state index is 14.7. The Bertz CT molecular complexity index is 1740. The van der Waals surface area contributed by atoms with Crippen LogP contribution in [0, 0.1) is 23.7 Å². The van der Waals surface area contributed by atoms with E-state index in [1.807, 2.05) is 62.7 Å². The molecule has 0 radical (unpaired) electrons. The molecule has 0 unspecified atom stereocenters. The zero-order valence-electron chi connectivity index (χ0n) is 36.1. The summed E-state index contributed by atoms with van der Waals surface area (Å²) in [4.78, 5) is 69.0. The van der Waals surface area contributed by atoms with Gasteiger partial charge in [-0.15, -0.1) is 0 Å². The quantitative estimate of drug-likeness (QED) is 0.184. The van der Waals surface area contributed by atoms with Crippen molar-refractivity contribution >= 4 is 23.6 Å². The third kappa shape index (κ3) is 9.33. The van der Waals surface area contributed by atoms with Crippen molar-refractivity contribution in [3.05, 3.63) is 37.1 Å². The first-order valence-corrected chi connectivity index (χ1v) is 20.8. The number of aliphatic hydroxyl groups is 1. The second kappa shape index (κ2) is 18.7. The van der Waals surface area contributed by atoms with Gasteiger partial charge in [0.15, 0.2) is 17.7 Å². The number of nitrogens with zero attached hydrogens (tertiary/aromatic N) is 5. The number of carbonyl (C=O) groups is 4. The molecule has 58 heavy (non-hydrogen) atoms. The van der Waals surface area contributed by atoms with Crippen LogP contribution in [0.2, 0.25) is 0 Å². The number of likely N-dealkylation sites (N-methyl/N-ethyl adjacent to an activating group) is 1. The number of unbranched alkanes of at least 4 members (excludes halogenated alkanes) is 1. The average molecular weight is 812 g/mol. The predicted molar refractivity (Wildman–Crippen MR) is 214 cm³/mol. The maximum Gasteiger partial charge on any atom is 0.410 e. The summed E-state index contributed by atoms with van der Waals surface area (Å²) in [6, 6.07) is 2.74. The highest BCUT2D eigenvalue weighted by atomic mass is 16.7. The molecule has 5 rings (SSSR count). The molecule has 1 N–H and O–H groups in total. The number of amides is 1. The van der Waals surface area contributed by atoms with Crippen LogP contribution in [0.15, 0.2) is 37.1 Å². The summed E-state index contributed by atoms with van der Waals surface area (Å²) in [6.07, 6.45) is 4.45. The van der Waals surface area contributed by atoms with Crippen LogP contribution < -0.4 is 0 Å². The van der Waals surface area contributed by atoms with E-state index in [0.717, 1.165) is 11.3 Å². The zero-order chi connectivity index (χ0) is 42.7. The van der Waals surface area contributed by atoms with Gasteiger partial charge < -0.3 is 43.2 Å². The number of carbonyl (C=O) groups excluding carboxylic acids is 4. The summed E-state index contributed by atoms with van der Waals surface area (Å²) in [6.45, 7) is 14.9. The number of hydrogen-bond acceptors (Lipinski definition) is 13. The van der Waals surface area contributed by atoms with Crippen LogP contribution in [0.3, 0.4) is 0 Å². The number of fused-ring (bicyclic) bond motifs is 1. The fourth-order valence-corrected chi connectivity index (χ4v) is 9.43. The first kappa shape index (κ1) is 45.3. The van der Waals surface area contributed by atoms with Crippen LogP contribution in [-0.4, -0.2) is 135 Å². The van der Waals surface area contributed by atoms with Crippen LogP contribution in [0.5, 0.6) is 0 Å². The molecule has 322 valence electrons. The van der Waals surface area contributed by atoms with Gasteiger partial charge in [0.1, 0.15) is 23.9 Å². The van der Waals surface area contributed by atoms with E-state index in [0.29, 0.717) is 32.4 Å². The molecule has 3 aliphatic rings. The van der Waals surface area contributed by atoms with Crippen LogP contribution in [0.4, 0.5) is 4.79 Å². The molecular weight excluding hydrogens is 746 g/mol. The summed E-state index contributed by atoms with van der Waals surface area (Å²) in [5.74, 6) is -4.95. The molecule has 0 saturated carbocycles. The fraction of sp³-hybridized carbons (Fsp3) is 0.721. The lowest BCUT2D eigenvalue weighted by Crippen LogP contribution is -2.60. The summed E-state index contributed by atoms with van der Waals surface area (Å²) >= 11 is 0. The Morgan fingerprint density at radius 3 is 2.36 bits per heavy atom. The lowest BCUT2D eigenvalue weighted by atomic mass is 9.73. The molecule has 0 bridgehead atoms. The van der Waals surface area contributed by atoms with Crippen LogP contribution in [0.1, 0.15) is 87.5 Å². The van der Waals surface area contributed by atoms with Gasteiger partial charge in [0.2, 0.25) is 0 Å². The Hall–Kier alpha value is -3.76. The first-order valence-electron chi connectivity index (χ1n) is 20.8. The largest absolute Gasteiger partial charge is 0.458 e. The number of rotatable bonds is 11. The number of hydrogen-bond donors (Lipinski definition) is 1. The van der Waals surface area contributed by atoms with Crippen molar-refractivity contribution in [2.24, 2.45) is 23.7 Å². The number of cyclic esters (lactones) is 1. The lowest BCUT2D eigenvalue weighted by molar-refractivity contribution is -0.295. The number of esters is 1. The molecule has 2 aromatic heterocycles. The van der Waals surface area contributed by atoms with Gasteiger partial charge in [0, 0.05) is 68.1 Å². The summed E-state index contributed by atoms with van der Waals surface area (Å²) in [5.41, 5.74) is -0.938. The predicted octanol–water partition coefficient (Wildman–Crippen LogP) is 4.93. The minimum absolute atomic E-state index is 0.130. The van der Waals surface area contributed by atoms with Gasteiger partial charge in [-0.05, 0) is 86.0 Å². The molecule has 5 heterocycles. The molecule has 1 amide bonds. The topological polar surface area (TPSA) is 172 Å². The van der Waals surface area contributed by atoms with Gasteiger partial charge in [-0.25, -0.2) is 9.78 Å². The number of aryl methyl sites for hydroxylation is 1. The van der Waals surface area contributed by atoms with Crippen LogP contribution in [0.25, 0.3) is 11.3 Å². The van der Waals surface area contributed by atoms with Gasteiger partial charge in [0.05, 0.1) is 35.9 Å². The van der Waals surface area contributed by atoms with Crippen molar-refractivity contribution < 1.29 is 48.0 Å². The molecule has 3 saturated heterocycles. The standard InChI is InChI=1S/C43H65N5O10/c1-12-33-43(8)37(48(41(53)58-43)19-14-13-18-47-23-31(45-24-47)30-16-15-17-44-22-30)27(4)34(49)25(2)21-42(7,54-11)38(28(5)35(50)29(6)39(52)56-33)57-40-36(51)32(46(9)10)20-26(3)55-40/h15-17,22-29,32-33,36-38,40,51H,12-14,18-21H2,1-11H3/t25-,26-,27+,28+,29-,32+,33+,36-,37-,38-,40+,42-,43-/m1/s1. The Balaban J connectivity index is 1.43. The third-order valence-corrected chi connectivity index (χ3v) is 12.8. The smallest absolute Gasteiger partial charge is 0.410 e. The highest BCUT2D eigenvalue weighted by molar-refractivity contribution is 6.00. The van der Waals surface area contributed by atoms with E-state index in [2.05, 4.69) is 9.97 Å². The second-order valence-electron chi connectivity index (χ2n) is 17.3. The molecule has 0 aliphatic carbocycles. The number of Topliss-reactive ketones (excluding diaryl/α,β-unsaturated/α-hetero) is 2. The molecule has 3 fully saturated rings. The van der Waals surface area contributed by atoms with E-state index < -0.39 is 83.4 Å². The van der Waals surface area contributed by atoms with Crippen LogP contribution >= 0.6 is 0 Å². The number of ether oxygens (including phenoxy) is 5. The Kier molecular flexibility index (Phi) is 14.6. The summed E-state index contributed by atoms with van der Waals surface area (Å²) in [7, 11) is 5.24. The SMILES string of the molecule is CC[C@@H]1OC(=O)[C@H](C)C(=O)[C@H](C)[C@@H](O[C@@H]2O[C@H](C)C[C@H](N(C)C)[C@H]2O)[C@](C)(OC)C[C@@H](C)C(=O)[C@H](C)[C@H]2N(CCCCn3cnc(-c4cccnc4)c3)C(=O)O[C@]12C. The van der Waals surface area contributed by atoms with Crippen molar-refractivity contribution in [3.63, 3.8) is 0 Å². The fourth-order valence-electron chi connectivity index (χ4n) is 9.43. The lowest BCUT2D eigenvalue weighted by Gasteiger charge is -2.47. The number of pyridine rings is 1. The molecule has 13 atom stereocenters. The Morgan fingerprint density at radius 1 is 1.02 bits per heavy atom. The van der Waals surface area contributed by atoms with E-state index in [1.54, 1.807) is 51.3 Å². The highest BCUT2D eigenvalue weighted by Gasteiger charge is 2.60. The Morgan fingerprint density at radius 2 is 1.72 bits per heavy atom. The summed E-state index contributed by atoms with van der Waals surface area (Å²) < 4.78 is 33.2. The van der Waals surface area contributed by atoms with Gasteiger partial charge in [-0.2, -0.15) is 0 Å². The number of ketones is 2. The van der Waals surface area contributed by atoms with Crippen molar-refractivity contribution in [2.45, 2.75) is 148 Å². The molecule has 3 aliphatic heterocycles. The van der Waals surface area contributed by atoms with Crippen molar-refractivity contribution in [1.82, 2.24) is 24.3 Å². The molecular formula is C43H65N5O10. The zero-order valence-corrected chi connectivity index (χ0v) is 36.1. The number of aromatic nitrogens is 3. The monoisotopic (exact) mass is 811 g/mol. The molecule has 2 aromatic rings. The van der Waals surface area contributed by atoms with Crippen molar-refractivity contribution in [2.75, 3.05) is 27.7 Å². The first-order chi connectivity index (χ1) is 27.4. The normalized spacial score (nSPS) is 36.7. The minimum atomic E-state index is -1.40. The van der Waals surface area contributed by atoms with E-state index in [1.165, 1.54) is 14.0 Å². The number of imidazole rings is 1. The van der Waals surface area contributed by atoms with E-state index in [4.69, 9.17) is 23.7 Å². The highest BCUT2D eigenvalue weighted by Crippen LogP contribution is 2.43. The molecule has 0 aromatic carbocycles. The van der Waals surface area contributed by atoms with Crippen molar-refractivity contribution in [3.8, 4) is 11.3 Å². The van der Waals surface area contributed by atoms with Gasteiger partial charge >= 0.3 is 12.1 Å². The van der Waals surface area contributed by atoms with E-state index >= 15 is 0 Å². The second-order valence-corrected chi connectivity index (χ2v) is 17.3. The maximum absolute atomic E-state index is 14.7. The van der Waals surface area contributed by atoms with Crippen molar-refractivity contribution in [1.29, 1.82) is 0 Å². The van der Waals surface area contributed by atoms with Crippen LogP contribution in [-0.2, 0) is 44.6 Å². The third-order valence-electron chi connectivity index (χ3n) is 12.8. The molecule has 0 spiro atoms. The Labute approximate surface area is 343 Å². The average Bonchev–Trinajstić information content (AvgIpc) is 3.78. The molecule has 15 heteroatoms. The number of aliphatic hydroxyl groups excluding tert-OH is 1. The van der Waals surface area contributed by atoms with E-state index in [9.17, 15) is 24.3 Å². The molecule has 15 nitrogen and oxygen atoms in total. The number of methoxy groups -OCH3 is 1.